The van der Waals surface area contributed by atoms with Crippen molar-refractivity contribution in [2.45, 2.75) is 25.0 Å². The molecule has 0 aromatic carbocycles. The first-order valence-electron chi connectivity index (χ1n) is 3.86. The minimum atomic E-state index is -1.55. The van der Waals surface area contributed by atoms with Crippen LogP contribution in [0.15, 0.2) is 23.8 Å². The van der Waals surface area contributed by atoms with Crippen LogP contribution in [0, 0.1) is 0 Å². The summed E-state index contributed by atoms with van der Waals surface area (Å²) in [5.74, 6) is -1.12. The van der Waals surface area contributed by atoms with E-state index in [0.29, 0.717) is 0 Å². The molecule has 0 radical (unpaired) electrons. The summed E-state index contributed by atoms with van der Waals surface area (Å²) in [4.78, 5) is 10.5. The molecule has 0 bridgehead atoms. The molecule has 0 saturated carbocycles. The monoisotopic (exact) mass is 184 g/mol. The van der Waals surface area contributed by atoms with Crippen molar-refractivity contribution in [2.75, 3.05) is 0 Å². The number of hydrogen-bond acceptors (Lipinski definition) is 3. The molecule has 1 rings (SSSR count). The second-order valence-corrected chi connectivity index (χ2v) is 3.53. The lowest BCUT2D eigenvalue weighted by Gasteiger charge is -2.36. The standard InChI is InChI=1S/C9H12O4/c1-8(12)4-3-6(7(10)11)5-9(8,2)13/h3-5,12-13H,1-2H3,(H,10,11). The molecule has 4 heteroatoms. The summed E-state index contributed by atoms with van der Waals surface area (Å²) in [5, 5.41) is 27.9. The smallest absolute Gasteiger partial charge is 0.335 e. The molecule has 2 atom stereocenters. The summed E-state index contributed by atoms with van der Waals surface area (Å²) >= 11 is 0. The average molecular weight is 184 g/mol. The van der Waals surface area contributed by atoms with Crippen LogP contribution in [0.3, 0.4) is 0 Å². The van der Waals surface area contributed by atoms with Crippen molar-refractivity contribution in [1.82, 2.24) is 0 Å². The van der Waals surface area contributed by atoms with Gasteiger partial charge in [0.05, 0.1) is 5.57 Å². The minimum Gasteiger partial charge on any atom is -0.478 e. The number of hydrogen-bond donors (Lipinski definition) is 3. The van der Waals surface area contributed by atoms with Gasteiger partial charge in [-0.2, -0.15) is 0 Å². The van der Waals surface area contributed by atoms with Crippen LogP contribution < -0.4 is 0 Å². The Bertz CT molecular complexity index is 297. The summed E-state index contributed by atoms with van der Waals surface area (Å²) in [7, 11) is 0. The highest BCUT2D eigenvalue weighted by Crippen LogP contribution is 2.30. The lowest BCUT2D eigenvalue weighted by molar-refractivity contribution is -0.132. The molecule has 0 aromatic heterocycles. The number of carbonyl (C=O) groups is 1. The number of carboxylic acid groups (broad SMARTS) is 1. The largest absolute Gasteiger partial charge is 0.478 e. The van der Waals surface area contributed by atoms with E-state index < -0.39 is 17.2 Å². The first-order valence-corrected chi connectivity index (χ1v) is 3.86. The first-order chi connectivity index (χ1) is 5.76. The predicted octanol–water partition coefficient (Wildman–Crippen LogP) is 0.0692. The normalized spacial score (nSPS) is 38.6. The molecule has 1 aliphatic carbocycles. The van der Waals surface area contributed by atoms with Crippen LogP contribution >= 0.6 is 0 Å². The van der Waals surface area contributed by atoms with Gasteiger partial charge in [0.15, 0.2) is 0 Å². The van der Waals surface area contributed by atoms with Gasteiger partial charge in [-0.25, -0.2) is 4.79 Å². The van der Waals surface area contributed by atoms with Crippen molar-refractivity contribution in [1.29, 1.82) is 0 Å². The van der Waals surface area contributed by atoms with E-state index in [9.17, 15) is 15.0 Å². The maximum atomic E-state index is 10.5. The van der Waals surface area contributed by atoms with E-state index in [1.165, 1.54) is 26.0 Å². The summed E-state index contributed by atoms with van der Waals surface area (Å²) in [6, 6.07) is 0. The Morgan fingerprint density at radius 2 is 1.85 bits per heavy atom. The van der Waals surface area contributed by atoms with E-state index in [1.807, 2.05) is 0 Å². The van der Waals surface area contributed by atoms with Gasteiger partial charge in [0.2, 0.25) is 0 Å². The summed E-state index contributed by atoms with van der Waals surface area (Å²) < 4.78 is 0. The van der Waals surface area contributed by atoms with Gasteiger partial charge in [-0.1, -0.05) is 0 Å². The van der Waals surface area contributed by atoms with Crippen LogP contribution in [-0.2, 0) is 4.79 Å². The van der Waals surface area contributed by atoms with E-state index >= 15 is 0 Å². The van der Waals surface area contributed by atoms with E-state index in [-0.39, 0.29) is 5.57 Å². The summed E-state index contributed by atoms with van der Waals surface area (Å²) in [6.45, 7) is 2.78. The van der Waals surface area contributed by atoms with Crippen molar-refractivity contribution in [3.8, 4) is 0 Å². The summed E-state index contributed by atoms with van der Waals surface area (Å²) in [5.41, 5.74) is -2.99. The fraction of sp³-hybridized carbons (Fsp3) is 0.444. The maximum Gasteiger partial charge on any atom is 0.335 e. The number of carboxylic acids is 1. The van der Waals surface area contributed by atoms with Crippen molar-refractivity contribution in [3.63, 3.8) is 0 Å². The quantitative estimate of drug-likeness (QED) is 0.539. The first kappa shape index (κ1) is 9.95. The molecule has 0 amide bonds. The Labute approximate surface area is 75.8 Å². The third-order valence-corrected chi connectivity index (χ3v) is 2.30. The number of aliphatic hydroxyl groups is 2. The Kier molecular flexibility index (Phi) is 2.05. The van der Waals surface area contributed by atoms with Crippen molar-refractivity contribution in [2.24, 2.45) is 0 Å². The third kappa shape index (κ3) is 1.64. The van der Waals surface area contributed by atoms with Crippen LogP contribution in [0.5, 0.6) is 0 Å². The molecule has 0 aromatic rings. The maximum absolute atomic E-state index is 10.5. The van der Waals surface area contributed by atoms with Crippen LogP contribution in [0.2, 0.25) is 0 Å². The second kappa shape index (κ2) is 2.68. The zero-order valence-electron chi connectivity index (χ0n) is 7.48. The molecule has 0 heterocycles. The van der Waals surface area contributed by atoms with Gasteiger partial charge in [-0.05, 0) is 32.1 Å². The van der Waals surface area contributed by atoms with E-state index in [2.05, 4.69) is 0 Å². The molecule has 13 heavy (non-hydrogen) atoms. The molecule has 3 N–H and O–H groups in total. The molecule has 0 fully saturated rings. The van der Waals surface area contributed by atoms with Crippen LogP contribution in [0.1, 0.15) is 13.8 Å². The van der Waals surface area contributed by atoms with Gasteiger partial charge in [0, 0.05) is 0 Å². The molecule has 72 valence electrons. The second-order valence-electron chi connectivity index (χ2n) is 3.53. The molecule has 2 unspecified atom stereocenters. The van der Waals surface area contributed by atoms with E-state index in [0.717, 1.165) is 6.08 Å². The van der Waals surface area contributed by atoms with E-state index in [1.54, 1.807) is 0 Å². The zero-order valence-corrected chi connectivity index (χ0v) is 7.48. The summed E-state index contributed by atoms with van der Waals surface area (Å²) in [6.07, 6.45) is 3.69. The Balaban J connectivity index is 3.09. The van der Waals surface area contributed by atoms with Gasteiger partial charge in [-0.3, -0.25) is 0 Å². The van der Waals surface area contributed by atoms with Gasteiger partial charge < -0.3 is 15.3 Å². The van der Waals surface area contributed by atoms with Crippen LogP contribution in [-0.4, -0.2) is 32.5 Å². The van der Waals surface area contributed by atoms with Crippen LogP contribution in [0.4, 0.5) is 0 Å². The highest BCUT2D eigenvalue weighted by atomic mass is 16.4. The molecule has 0 saturated heterocycles. The molecule has 1 aliphatic rings. The third-order valence-electron chi connectivity index (χ3n) is 2.30. The minimum absolute atomic E-state index is 0.0171. The molecule has 0 aliphatic heterocycles. The number of rotatable bonds is 1. The van der Waals surface area contributed by atoms with Crippen molar-refractivity contribution >= 4 is 5.97 Å². The zero-order chi connectivity index (χ0) is 10.3. The average Bonchev–Trinajstić information content (AvgIpc) is 1.94. The Morgan fingerprint density at radius 3 is 2.23 bits per heavy atom. The number of aliphatic carboxylic acids is 1. The van der Waals surface area contributed by atoms with Gasteiger partial charge in [0.1, 0.15) is 11.2 Å². The topological polar surface area (TPSA) is 77.8 Å². The van der Waals surface area contributed by atoms with Crippen LogP contribution in [0.25, 0.3) is 0 Å². The Hall–Kier alpha value is -1.13. The van der Waals surface area contributed by atoms with Gasteiger partial charge >= 0.3 is 5.97 Å². The molecule has 0 spiro atoms. The lowest BCUT2D eigenvalue weighted by Crippen LogP contribution is -2.48. The SMILES string of the molecule is CC1(O)C=CC(C(=O)O)=CC1(C)O. The highest BCUT2D eigenvalue weighted by Gasteiger charge is 2.40. The van der Waals surface area contributed by atoms with E-state index in [4.69, 9.17) is 5.11 Å². The predicted molar refractivity (Wildman–Crippen MR) is 46.1 cm³/mol. The lowest BCUT2D eigenvalue weighted by atomic mass is 9.80. The molecule has 4 nitrogen and oxygen atoms in total. The Morgan fingerprint density at radius 1 is 1.31 bits per heavy atom. The highest BCUT2D eigenvalue weighted by molar-refractivity contribution is 5.90. The fourth-order valence-electron chi connectivity index (χ4n) is 1.05. The van der Waals surface area contributed by atoms with Crippen molar-refractivity contribution in [3.05, 3.63) is 23.8 Å². The van der Waals surface area contributed by atoms with Gasteiger partial charge in [0.25, 0.3) is 0 Å². The molecular formula is C9H12O4. The van der Waals surface area contributed by atoms with Gasteiger partial charge in [-0.15, -0.1) is 0 Å². The van der Waals surface area contributed by atoms with Crippen molar-refractivity contribution < 1.29 is 20.1 Å². The molecular weight excluding hydrogens is 172 g/mol. The fourth-order valence-corrected chi connectivity index (χ4v) is 1.05.